The summed E-state index contributed by atoms with van der Waals surface area (Å²) in [7, 11) is 0. The fourth-order valence-corrected chi connectivity index (χ4v) is 1.94. The SMILES string of the molecule is CCc1cnccc1C(=O)Cc1c(F)cccc1F. The van der Waals surface area contributed by atoms with Crippen molar-refractivity contribution >= 4 is 5.78 Å². The Morgan fingerprint density at radius 2 is 1.89 bits per heavy atom. The van der Waals surface area contributed by atoms with E-state index in [-0.39, 0.29) is 17.8 Å². The van der Waals surface area contributed by atoms with Crippen molar-refractivity contribution in [2.45, 2.75) is 19.8 Å². The van der Waals surface area contributed by atoms with E-state index in [1.165, 1.54) is 12.3 Å². The van der Waals surface area contributed by atoms with Gasteiger partial charge >= 0.3 is 0 Å². The molecule has 0 aliphatic rings. The molecule has 98 valence electrons. The van der Waals surface area contributed by atoms with Crippen LogP contribution in [0, 0.1) is 11.6 Å². The Hall–Kier alpha value is -2.10. The number of rotatable bonds is 4. The summed E-state index contributed by atoms with van der Waals surface area (Å²) in [5, 5.41) is 0. The van der Waals surface area contributed by atoms with Gasteiger partial charge in [0.1, 0.15) is 11.6 Å². The molecule has 2 rings (SSSR count). The Morgan fingerprint density at radius 1 is 1.21 bits per heavy atom. The third-order valence-electron chi connectivity index (χ3n) is 2.98. The summed E-state index contributed by atoms with van der Waals surface area (Å²) in [4.78, 5) is 16.1. The van der Waals surface area contributed by atoms with Crippen molar-refractivity contribution in [1.29, 1.82) is 0 Å². The van der Waals surface area contributed by atoms with Gasteiger partial charge in [-0.1, -0.05) is 13.0 Å². The molecule has 0 fully saturated rings. The van der Waals surface area contributed by atoms with Crippen LogP contribution >= 0.6 is 0 Å². The van der Waals surface area contributed by atoms with Crippen molar-refractivity contribution in [1.82, 2.24) is 4.98 Å². The number of aryl methyl sites for hydroxylation is 1. The van der Waals surface area contributed by atoms with Crippen LogP contribution in [-0.2, 0) is 12.8 Å². The summed E-state index contributed by atoms with van der Waals surface area (Å²) in [6.45, 7) is 1.90. The molecular formula is C15H13F2NO. The molecule has 0 aliphatic carbocycles. The van der Waals surface area contributed by atoms with Gasteiger partial charge in [-0.3, -0.25) is 9.78 Å². The zero-order chi connectivity index (χ0) is 13.8. The highest BCUT2D eigenvalue weighted by atomic mass is 19.1. The van der Waals surface area contributed by atoms with Crippen LogP contribution in [-0.4, -0.2) is 10.8 Å². The van der Waals surface area contributed by atoms with Crippen molar-refractivity contribution < 1.29 is 13.6 Å². The molecule has 0 unspecified atom stereocenters. The van der Waals surface area contributed by atoms with Crippen LogP contribution in [0.1, 0.15) is 28.4 Å². The molecule has 0 aliphatic heterocycles. The summed E-state index contributed by atoms with van der Waals surface area (Å²) in [6.07, 6.45) is 3.47. The van der Waals surface area contributed by atoms with Gasteiger partial charge in [-0.25, -0.2) is 8.78 Å². The third kappa shape index (κ3) is 2.84. The molecule has 1 aromatic heterocycles. The van der Waals surface area contributed by atoms with E-state index >= 15 is 0 Å². The van der Waals surface area contributed by atoms with Gasteiger partial charge in [0.05, 0.1) is 0 Å². The number of hydrogen-bond donors (Lipinski definition) is 0. The maximum atomic E-state index is 13.5. The Morgan fingerprint density at radius 3 is 2.53 bits per heavy atom. The van der Waals surface area contributed by atoms with E-state index in [2.05, 4.69) is 4.98 Å². The fraction of sp³-hybridized carbons (Fsp3) is 0.200. The maximum absolute atomic E-state index is 13.5. The first kappa shape index (κ1) is 13.3. The monoisotopic (exact) mass is 261 g/mol. The number of ketones is 1. The molecule has 0 saturated heterocycles. The predicted molar refractivity (Wildman–Crippen MR) is 68.0 cm³/mol. The van der Waals surface area contributed by atoms with Crippen LogP contribution in [0.25, 0.3) is 0 Å². The standard InChI is InChI=1S/C15H13F2NO/c1-2-10-9-18-7-6-11(10)15(19)8-12-13(16)4-3-5-14(12)17/h3-7,9H,2,8H2,1H3. The van der Waals surface area contributed by atoms with E-state index in [0.717, 1.165) is 17.7 Å². The molecule has 0 radical (unpaired) electrons. The van der Waals surface area contributed by atoms with Crippen molar-refractivity contribution in [3.8, 4) is 0 Å². The lowest BCUT2D eigenvalue weighted by Crippen LogP contribution is -2.10. The Balaban J connectivity index is 2.31. The van der Waals surface area contributed by atoms with Crippen LogP contribution in [0.2, 0.25) is 0 Å². The molecular weight excluding hydrogens is 248 g/mol. The Bertz CT molecular complexity index is 591. The lowest BCUT2D eigenvalue weighted by molar-refractivity contribution is 0.0989. The second-order valence-corrected chi connectivity index (χ2v) is 4.19. The summed E-state index contributed by atoms with van der Waals surface area (Å²) in [6, 6.07) is 5.17. The molecule has 0 amide bonds. The number of halogens is 2. The quantitative estimate of drug-likeness (QED) is 0.790. The Labute approximate surface area is 110 Å². The number of carbonyl (C=O) groups is 1. The molecule has 1 aromatic carbocycles. The molecule has 19 heavy (non-hydrogen) atoms. The van der Waals surface area contributed by atoms with E-state index in [4.69, 9.17) is 0 Å². The van der Waals surface area contributed by atoms with E-state index in [9.17, 15) is 13.6 Å². The third-order valence-corrected chi connectivity index (χ3v) is 2.98. The number of benzene rings is 1. The van der Waals surface area contributed by atoms with Gasteiger partial charge in [-0.15, -0.1) is 0 Å². The topological polar surface area (TPSA) is 30.0 Å². The molecule has 4 heteroatoms. The normalized spacial score (nSPS) is 10.5. The molecule has 0 N–H and O–H groups in total. The first-order valence-electron chi connectivity index (χ1n) is 6.02. The van der Waals surface area contributed by atoms with Crippen molar-refractivity contribution in [2.24, 2.45) is 0 Å². The van der Waals surface area contributed by atoms with Gasteiger partial charge in [0.15, 0.2) is 5.78 Å². The van der Waals surface area contributed by atoms with Crippen molar-refractivity contribution in [3.05, 3.63) is 65.0 Å². The summed E-state index contributed by atoms with van der Waals surface area (Å²) < 4.78 is 27.0. The van der Waals surface area contributed by atoms with Crippen molar-refractivity contribution in [2.75, 3.05) is 0 Å². The second-order valence-electron chi connectivity index (χ2n) is 4.19. The first-order chi connectivity index (χ1) is 9.13. The zero-order valence-corrected chi connectivity index (χ0v) is 10.5. The number of aromatic nitrogens is 1. The second kappa shape index (κ2) is 5.69. The number of nitrogens with zero attached hydrogens (tertiary/aromatic N) is 1. The van der Waals surface area contributed by atoms with E-state index in [1.54, 1.807) is 12.3 Å². The van der Waals surface area contributed by atoms with Gasteiger partial charge in [0.2, 0.25) is 0 Å². The molecule has 1 heterocycles. The predicted octanol–water partition coefficient (Wildman–Crippen LogP) is 3.35. The average molecular weight is 261 g/mol. The lowest BCUT2D eigenvalue weighted by Gasteiger charge is -2.07. The summed E-state index contributed by atoms with van der Waals surface area (Å²) in [5.74, 6) is -1.69. The van der Waals surface area contributed by atoms with Crippen LogP contribution in [0.3, 0.4) is 0 Å². The highest BCUT2D eigenvalue weighted by Gasteiger charge is 2.16. The molecule has 0 bridgehead atoms. The van der Waals surface area contributed by atoms with E-state index in [0.29, 0.717) is 12.0 Å². The molecule has 0 saturated carbocycles. The minimum atomic E-state index is -0.694. The number of carbonyl (C=O) groups excluding carboxylic acids is 1. The highest BCUT2D eigenvalue weighted by Crippen LogP contribution is 2.17. The van der Waals surface area contributed by atoms with Gasteiger partial charge in [-0.05, 0) is 30.2 Å². The van der Waals surface area contributed by atoms with Gasteiger partial charge in [0.25, 0.3) is 0 Å². The minimum Gasteiger partial charge on any atom is -0.294 e. The van der Waals surface area contributed by atoms with Crippen LogP contribution in [0.15, 0.2) is 36.7 Å². The van der Waals surface area contributed by atoms with Crippen molar-refractivity contribution in [3.63, 3.8) is 0 Å². The molecule has 2 aromatic rings. The van der Waals surface area contributed by atoms with Gasteiger partial charge in [-0.2, -0.15) is 0 Å². The fourth-order valence-electron chi connectivity index (χ4n) is 1.94. The largest absolute Gasteiger partial charge is 0.294 e. The van der Waals surface area contributed by atoms with E-state index < -0.39 is 11.6 Å². The van der Waals surface area contributed by atoms with Gasteiger partial charge < -0.3 is 0 Å². The number of pyridine rings is 1. The number of hydrogen-bond acceptors (Lipinski definition) is 2. The molecule has 2 nitrogen and oxygen atoms in total. The number of Topliss-reactive ketones (excluding diaryl/α,β-unsaturated/α-hetero) is 1. The summed E-state index contributed by atoms with van der Waals surface area (Å²) in [5.41, 5.74) is 1.07. The van der Waals surface area contributed by atoms with Crippen LogP contribution in [0.4, 0.5) is 8.78 Å². The molecule has 0 atom stereocenters. The van der Waals surface area contributed by atoms with Crippen LogP contribution in [0.5, 0.6) is 0 Å². The molecule has 0 spiro atoms. The lowest BCUT2D eigenvalue weighted by atomic mass is 9.98. The average Bonchev–Trinajstić information content (AvgIpc) is 2.42. The maximum Gasteiger partial charge on any atom is 0.167 e. The Kier molecular flexibility index (Phi) is 4.00. The van der Waals surface area contributed by atoms with Gasteiger partial charge in [0, 0.05) is 29.9 Å². The van der Waals surface area contributed by atoms with Crippen LogP contribution < -0.4 is 0 Å². The summed E-state index contributed by atoms with van der Waals surface area (Å²) >= 11 is 0. The van der Waals surface area contributed by atoms with E-state index in [1.807, 2.05) is 6.92 Å². The minimum absolute atomic E-state index is 0.189. The zero-order valence-electron chi connectivity index (χ0n) is 10.5. The highest BCUT2D eigenvalue weighted by molar-refractivity contribution is 5.98. The smallest absolute Gasteiger partial charge is 0.167 e. The first-order valence-corrected chi connectivity index (χ1v) is 6.02.